The van der Waals surface area contributed by atoms with E-state index in [2.05, 4.69) is 21.0 Å². The Kier molecular flexibility index (Phi) is 6.26. The van der Waals surface area contributed by atoms with Crippen molar-refractivity contribution in [3.05, 3.63) is 64.1 Å². The molecule has 0 fully saturated rings. The summed E-state index contributed by atoms with van der Waals surface area (Å²) in [5.74, 6) is -0.0329. The Morgan fingerprint density at radius 3 is 2.61 bits per heavy atom. The van der Waals surface area contributed by atoms with Gasteiger partial charge in [-0.2, -0.15) is 10.1 Å². The Bertz CT molecular complexity index is 954. The van der Waals surface area contributed by atoms with Gasteiger partial charge in [-0.15, -0.1) is 0 Å². The third-order valence-corrected chi connectivity index (χ3v) is 4.68. The first kappa shape index (κ1) is 19.8. The van der Waals surface area contributed by atoms with Crippen LogP contribution in [0.2, 0.25) is 0 Å². The lowest BCUT2D eigenvalue weighted by Gasteiger charge is -2.11. The molecule has 0 unspecified atom stereocenters. The molecule has 2 aromatic carbocycles. The molecule has 0 bridgehead atoms. The molecular weight excluding hydrogens is 424 g/mol. The smallest absolute Gasteiger partial charge is 0.311 e. The molecule has 2 aromatic rings. The third-order valence-electron chi connectivity index (χ3n) is 4.06. The van der Waals surface area contributed by atoms with Gasteiger partial charge in [0.15, 0.2) is 0 Å². The molecule has 144 valence electrons. The lowest BCUT2D eigenvalue weighted by Crippen LogP contribution is -2.21. The van der Waals surface area contributed by atoms with Gasteiger partial charge in [-0.05, 0) is 58.8 Å². The predicted octanol–water partition coefficient (Wildman–Crippen LogP) is 4.20. The number of carbonyl (C=O) groups excluding carboxylic acids is 2. The van der Waals surface area contributed by atoms with Crippen LogP contribution in [-0.2, 0) is 14.3 Å². The number of halogens is 1. The zero-order valence-electron chi connectivity index (χ0n) is 15.5. The van der Waals surface area contributed by atoms with Crippen LogP contribution < -0.4 is 9.75 Å². The van der Waals surface area contributed by atoms with Crippen molar-refractivity contribution in [2.45, 2.75) is 13.3 Å². The molecule has 3 rings (SSSR count). The largest absolute Gasteiger partial charge is 0.496 e. The van der Waals surface area contributed by atoms with Crippen molar-refractivity contribution in [1.29, 1.82) is 0 Å². The molecule has 0 saturated carbocycles. The van der Waals surface area contributed by atoms with Crippen LogP contribution in [0.15, 0.2) is 63.7 Å². The average Bonchev–Trinajstić information content (AvgIpc) is 2.98. The quantitative estimate of drug-likeness (QED) is 0.496. The van der Waals surface area contributed by atoms with E-state index >= 15 is 0 Å². The van der Waals surface area contributed by atoms with Crippen LogP contribution in [-0.4, -0.2) is 31.3 Å². The molecule has 7 heteroatoms. The van der Waals surface area contributed by atoms with Crippen LogP contribution >= 0.6 is 15.9 Å². The van der Waals surface area contributed by atoms with Crippen molar-refractivity contribution >= 4 is 45.3 Å². The number of hydrogen-bond donors (Lipinski definition) is 0. The predicted molar refractivity (Wildman–Crippen MR) is 111 cm³/mol. The summed E-state index contributed by atoms with van der Waals surface area (Å²) < 4.78 is 11.0. The highest BCUT2D eigenvalue weighted by atomic mass is 79.9. The van der Waals surface area contributed by atoms with Crippen molar-refractivity contribution in [3.63, 3.8) is 0 Å². The highest BCUT2D eigenvalue weighted by Crippen LogP contribution is 2.29. The van der Waals surface area contributed by atoms with Crippen molar-refractivity contribution in [2.24, 2.45) is 5.10 Å². The fourth-order valence-corrected chi connectivity index (χ4v) is 3.32. The molecule has 0 aliphatic carbocycles. The van der Waals surface area contributed by atoms with Crippen molar-refractivity contribution in [3.8, 4) is 5.75 Å². The SMILES string of the molecule is CCOC(=O)CC1=NN(c2ccccc2)C(=O)/C1=C\c1ccc(OC)c(Br)c1. The van der Waals surface area contributed by atoms with Crippen molar-refractivity contribution < 1.29 is 19.1 Å². The Balaban J connectivity index is 1.99. The average molecular weight is 443 g/mol. The minimum atomic E-state index is -0.425. The van der Waals surface area contributed by atoms with E-state index in [-0.39, 0.29) is 18.9 Å². The van der Waals surface area contributed by atoms with Crippen LogP contribution in [0.3, 0.4) is 0 Å². The summed E-state index contributed by atoms with van der Waals surface area (Å²) >= 11 is 3.44. The number of ether oxygens (including phenoxy) is 2. The second kappa shape index (κ2) is 8.84. The van der Waals surface area contributed by atoms with Gasteiger partial charge in [0.2, 0.25) is 0 Å². The Morgan fingerprint density at radius 2 is 1.96 bits per heavy atom. The van der Waals surface area contributed by atoms with Gasteiger partial charge in [0, 0.05) is 0 Å². The summed E-state index contributed by atoms with van der Waals surface area (Å²) in [4.78, 5) is 25.0. The Labute approximate surface area is 171 Å². The fraction of sp³-hybridized carbons (Fsp3) is 0.190. The molecule has 0 N–H and O–H groups in total. The summed E-state index contributed by atoms with van der Waals surface area (Å²) in [5, 5.41) is 5.69. The summed E-state index contributed by atoms with van der Waals surface area (Å²) in [5.41, 5.74) is 2.14. The first-order valence-corrected chi connectivity index (χ1v) is 9.51. The van der Waals surface area contributed by atoms with Crippen LogP contribution in [0.1, 0.15) is 18.9 Å². The van der Waals surface area contributed by atoms with Crippen molar-refractivity contribution in [1.82, 2.24) is 0 Å². The number of nitrogens with zero attached hydrogens (tertiary/aromatic N) is 2. The molecule has 0 aromatic heterocycles. The van der Waals surface area contributed by atoms with E-state index in [0.29, 0.717) is 22.7 Å². The van der Waals surface area contributed by atoms with Crippen LogP contribution in [0.5, 0.6) is 5.75 Å². The van der Waals surface area contributed by atoms with Crippen LogP contribution in [0.25, 0.3) is 6.08 Å². The lowest BCUT2D eigenvalue weighted by molar-refractivity contribution is -0.141. The number of amides is 1. The standard InChI is InChI=1S/C21H19BrN2O4/c1-3-28-20(25)13-18-16(11-14-9-10-19(27-2)17(22)12-14)21(26)24(23-18)15-7-5-4-6-8-15/h4-12H,3,13H2,1-2H3/b16-11-. The van der Waals surface area contributed by atoms with Gasteiger partial charge in [-0.25, -0.2) is 0 Å². The number of rotatable bonds is 6. The molecule has 1 aliphatic rings. The van der Waals surface area contributed by atoms with E-state index < -0.39 is 5.97 Å². The number of hydrazone groups is 1. The molecule has 1 amide bonds. The number of para-hydroxylation sites is 1. The summed E-state index contributed by atoms with van der Waals surface area (Å²) in [6.45, 7) is 2.01. The maximum atomic E-state index is 13.0. The van der Waals surface area contributed by atoms with E-state index in [9.17, 15) is 9.59 Å². The van der Waals surface area contributed by atoms with E-state index in [1.165, 1.54) is 5.01 Å². The number of esters is 1. The maximum Gasteiger partial charge on any atom is 0.311 e. The minimum absolute atomic E-state index is 0.0773. The number of benzene rings is 2. The van der Waals surface area contributed by atoms with Gasteiger partial charge >= 0.3 is 5.97 Å². The van der Waals surface area contributed by atoms with Gasteiger partial charge < -0.3 is 9.47 Å². The summed E-state index contributed by atoms with van der Waals surface area (Å²) in [7, 11) is 1.58. The Hall–Kier alpha value is -2.93. The molecule has 0 radical (unpaired) electrons. The molecule has 0 spiro atoms. The Morgan fingerprint density at radius 1 is 1.21 bits per heavy atom. The minimum Gasteiger partial charge on any atom is -0.496 e. The van der Waals surface area contributed by atoms with E-state index in [1.54, 1.807) is 38.3 Å². The molecule has 0 saturated heterocycles. The fourth-order valence-electron chi connectivity index (χ4n) is 2.77. The van der Waals surface area contributed by atoms with E-state index in [4.69, 9.17) is 9.47 Å². The van der Waals surface area contributed by atoms with Gasteiger partial charge in [-0.3, -0.25) is 9.59 Å². The zero-order valence-corrected chi connectivity index (χ0v) is 17.1. The molecule has 0 atom stereocenters. The second-order valence-corrected chi connectivity index (χ2v) is 6.79. The molecule has 1 aliphatic heterocycles. The van der Waals surface area contributed by atoms with Gasteiger partial charge in [0.1, 0.15) is 5.75 Å². The normalized spacial score (nSPS) is 15.0. The van der Waals surface area contributed by atoms with Crippen LogP contribution in [0, 0.1) is 0 Å². The number of anilines is 1. The third kappa shape index (κ3) is 4.31. The summed E-state index contributed by atoms with van der Waals surface area (Å²) in [6, 6.07) is 14.6. The van der Waals surface area contributed by atoms with E-state index in [1.807, 2.05) is 30.3 Å². The molecule has 28 heavy (non-hydrogen) atoms. The monoisotopic (exact) mass is 442 g/mol. The topological polar surface area (TPSA) is 68.2 Å². The maximum absolute atomic E-state index is 13.0. The number of hydrogen-bond acceptors (Lipinski definition) is 5. The van der Waals surface area contributed by atoms with Crippen molar-refractivity contribution in [2.75, 3.05) is 18.7 Å². The van der Waals surface area contributed by atoms with E-state index in [0.717, 1.165) is 10.0 Å². The van der Waals surface area contributed by atoms with Gasteiger partial charge in [-0.1, -0.05) is 24.3 Å². The molecule has 6 nitrogen and oxygen atoms in total. The second-order valence-electron chi connectivity index (χ2n) is 5.93. The number of carbonyl (C=O) groups is 2. The highest BCUT2D eigenvalue weighted by Gasteiger charge is 2.32. The highest BCUT2D eigenvalue weighted by molar-refractivity contribution is 9.10. The number of methoxy groups -OCH3 is 1. The summed E-state index contributed by atoms with van der Waals surface area (Å²) in [6.07, 6.45) is 1.64. The lowest BCUT2D eigenvalue weighted by atomic mass is 10.0. The molecular formula is C21H19BrN2O4. The van der Waals surface area contributed by atoms with Crippen LogP contribution in [0.4, 0.5) is 5.69 Å². The zero-order chi connectivity index (χ0) is 20.1. The molecule has 1 heterocycles. The first-order chi connectivity index (χ1) is 13.5. The van der Waals surface area contributed by atoms with Gasteiger partial charge in [0.05, 0.1) is 41.6 Å². The first-order valence-electron chi connectivity index (χ1n) is 8.71. The van der Waals surface area contributed by atoms with Gasteiger partial charge in [0.25, 0.3) is 5.91 Å².